The van der Waals surface area contributed by atoms with E-state index in [4.69, 9.17) is 0 Å². The van der Waals surface area contributed by atoms with Crippen molar-refractivity contribution in [1.29, 1.82) is 0 Å². The van der Waals surface area contributed by atoms with Crippen molar-refractivity contribution in [2.45, 2.75) is 6.23 Å². The monoisotopic (exact) mass is 233 g/mol. The molecule has 1 atom stereocenters. The molecule has 0 amide bonds. The average molecular weight is 234 g/mol. The molecular weight excluding hydrogens is 226 g/mol. The Morgan fingerprint density at radius 2 is 2.50 bits per heavy atom. The van der Waals surface area contributed by atoms with Crippen LogP contribution in [0.5, 0.6) is 0 Å². The number of halogens is 1. The van der Waals surface area contributed by atoms with Crippen molar-refractivity contribution in [3.8, 4) is 0 Å². The van der Waals surface area contributed by atoms with E-state index < -0.39 is 12.2 Å². The number of aliphatic hydroxyl groups is 1. The van der Waals surface area contributed by atoms with E-state index in [1.165, 1.54) is 13.2 Å². The molecule has 66 valence electrons. The van der Waals surface area contributed by atoms with Crippen molar-refractivity contribution in [1.82, 2.24) is 5.32 Å². The molecule has 0 aromatic carbocycles. The van der Waals surface area contributed by atoms with Crippen LogP contribution in [0, 0.1) is 0 Å². The van der Waals surface area contributed by atoms with Crippen LogP contribution in [-0.4, -0.2) is 24.4 Å². The van der Waals surface area contributed by atoms with Crippen LogP contribution in [0.3, 0.4) is 0 Å². The molecular formula is C7H8BrNO3. The van der Waals surface area contributed by atoms with Crippen molar-refractivity contribution in [2.24, 2.45) is 0 Å². The predicted molar refractivity (Wildman–Crippen MR) is 46.3 cm³/mol. The van der Waals surface area contributed by atoms with Crippen LogP contribution >= 0.6 is 15.9 Å². The minimum Gasteiger partial charge on any atom is -0.466 e. The van der Waals surface area contributed by atoms with Gasteiger partial charge < -0.3 is 15.2 Å². The summed E-state index contributed by atoms with van der Waals surface area (Å²) in [6.45, 7) is 0. The Morgan fingerprint density at radius 1 is 1.83 bits per heavy atom. The molecule has 1 rings (SSSR count). The summed E-state index contributed by atoms with van der Waals surface area (Å²) in [6.07, 6.45) is 2.07. The van der Waals surface area contributed by atoms with Crippen molar-refractivity contribution in [3.05, 3.63) is 22.3 Å². The second-order valence-electron chi connectivity index (χ2n) is 2.19. The van der Waals surface area contributed by atoms with Crippen LogP contribution in [0.4, 0.5) is 0 Å². The number of hydrogen-bond acceptors (Lipinski definition) is 4. The third-order valence-corrected chi connectivity index (χ3v) is 1.85. The third kappa shape index (κ3) is 1.86. The summed E-state index contributed by atoms with van der Waals surface area (Å²) in [4.78, 5) is 11.0. The van der Waals surface area contributed by atoms with Crippen LogP contribution in [0.25, 0.3) is 0 Å². The third-order valence-electron chi connectivity index (χ3n) is 1.39. The van der Waals surface area contributed by atoms with Crippen molar-refractivity contribution >= 4 is 21.9 Å². The highest BCUT2D eigenvalue weighted by Crippen LogP contribution is 2.16. The number of hydrogen-bond donors (Lipinski definition) is 2. The lowest BCUT2D eigenvalue weighted by Gasteiger charge is -2.17. The molecule has 1 unspecified atom stereocenters. The molecule has 2 N–H and O–H groups in total. The minimum absolute atomic E-state index is 0.187. The smallest absolute Gasteiger partial charge is 0.338 e. The predicted octanol–water partition coefficient (Wildman–Crippen LogP) is 0.244. The van der Waals surface area contributed by atoms with E-state index in [0.717, 1.165) is 0 Å². The minimum atomic E-state index is -0.987. The van der Waals surface area contributed by atoms with Gasteiger partial charge in [0.1, 0.15) is 0 Å². The van der Waals surface area contributed by atoms with Gasteiger partial charge in [0.25, 0.3) is 0 Å². The van der Waals surface area contributed by atoms with Gasteiger partial charge in [-0.15, -0.1) is 0 Å². The number of nitrogens with one attached hydrogen (secondary N) is 1. The first kappa shape index (κ1) is 9.28. The molecule has 0 bridgehead atoms. The van der Waals surface area contributed by atoms with Gasteiger partial charge in [-0.25, -0.2) is 4.79 Å². The molecule has 1 aliphatic rings. The Labute approximate surface area is 78.0 Å². The highest BCUT2D eigenvalue weighted by Gasteiger charge is 2.21. The number of ether oxygens (including phenoxy) is 1. The Bertz CT molecular complexity index is 259. The SMILES string of the molecule is COC(=O)C1=CC(Br)=CNC1O. The van der Waals surface area contributed by atoms with E-state index >= 15 is 0 Å². The fourth-order valence-corrected chi connectivity index (χ4v) is 1.18. The molecule has 0 saturated carbocycles. The molecule has 12 heavy (non-hydrogen) atoms. The standard InChI is InChI=1S/C7H8BrNO3/c1-12-7(11)5-2-4(8)3-9-6(5)10/h2-3,6,9-10H,1H3. The van der Waals surface area contributed by atoms with Crippen LogP contribution < -0.4 is 5.32 Å². The number of rotatable bonds is 1. The topological polar surface area (TPSA) is 58.6 Å². The second-order valence-corrected chi connectivity index (χ2v) is 3.11. The van der Waals surface area contributed by atoms with Gasteiger partial charge in [-0.05, 0) is 22.0 Å². The number of carbonyl (C=O) groups is 1. The highest BCUT2D eigenvalue weighted by atomic mass is 79.9. The molecule has 1 aliphatic heterocycles. The van der Waals surface area contributed by atoms with Gasteiger partial charge in [-0.3, -0.25) is 0 Å². The maximum Gasteiger partial charge on any atom is 0.338 e. The number of allylic oxidation sites excluding steroid dienone is 2. The number of methoxy groups -OCH3 is 1. The van der Waals surface area contributed by atoms with Gasteiger partial charge in [0.2, 0.25) is 0 Å². The lowest BCUT2D eigenvalue weighted by molar-refractivity contribution is -0.137. The zero-order valence-electron chi connectivity index (χ0n) is 6.37. The summed E-state index contributed by atoms with van der Waals surface area (Å²) in [5, 5.41) is 11.8. The molecule has 0 spiro atoms. The van der Waals surface area contributed by atoms with Gasteiger partial charge in [0.15, 0.2) is 6.23 Å². The fourth-order valence-electron chi connectivity index (χ4n) is 0.806. The normalized spacial score (nSPS) is 22.1. The maximum absolute atomic E-state index is 11.0. The molecule has 0 aliphatic carbocycles. The second kappa shape index (κ2) is 3.73. The lowest BCUT2D eigenvalue weighted by Crippen LogP contribution is -2.32. The van der Waals surface area contributed by atoms with E-state index in [0.29, 0.717) is 4.48 Å². The molecule has 0 aromatic rings. The zero-order chi connectivity index (χ0) is 9.14. The average Bonchev–Trinajstić information content (AvgIpc) is 2.08. The highest BCUT2D eigenvalue weighted by molar-refractivity contribution is 9.11. The molecule has 4 nitrogen and oxygen atoms in total. The van der Waals surface area contributed by atoms with Gasteiger partial charge in [-0.1, -0.05) is 0 Å². The van der Waals surface area contributed by atoms with Crippen LogP contribution in [-0.2, 0) is 9.53 Å². The summed E-state index contributed by atoms with van der Waals surface area (Å²) in [6, 6.07) is 0. The van der Waals surface area contributed by atoms with Crippen LogP contribution in [0.2, 0.25) is 0 Å². The largest absolute Gasteiger partial charge is 0.466 e. The summed E-state index contributed by atoms with van der Waals surface area (Å²) < 4.78 is 5.14. The summed E-state index contributed by atoms with van der Waals surface area (Å²) >= 11 is 3.16. The molecule has 1 heterocycles. The molecule has 0 fully saturated rings. The molecule has 0 radical (unpaired) electrons. The van der Waals surface area contributed by atoms with Crippen LogP contribution in [0.15, 0.2) is 22.3 Å². The van der Waals surface area contributed by atoms with Gasteiger partial charge in [-0.2, -0.15) is 0 Å². The Hall–Kier alpha value is -0.810. The lowest BCUT2D eigenvalue weighted by atomic mass is 10.2. The van der Waals surface area contributed by atoms with Gasteiger partial charge >= 0.3 is 5.97 Å². The first-order valence-electron chi connectivity index (χ1n) is 3.25. The quantitative estimate of drug-likeness (QED) is 0.638. The number of aliphatic hydroxyl groups excluding tert-OH is 1. The molecule has 0 aromatic heterocycles. The zero-order valence-corrected chi connectivity index (χ0v) is 7.96. The van der Waals surface area contributed by atoms with E-state index in [9.17, 15) is 9.90 Å². The van der Waals surface area contributed by atoms with E-state index in [-0.39, 0.29) is 5.57 Å². The van der Waals surface area contributed by atoms with E-state index in [1.54, 1.807) is 6.20 Å². The molecule has 0 saturated heterocycles. The number of esters is 1. The van der Waals surface area contributed by atoms with Crippen molar-refractivity contribution < 1.29 is 14.6 Å². The van der Waals surface area contributed by atoms with Gasteiger partial charge in [0.05, 0.1) is 12.7 Å². The van der Waals surface area contributed by atoms with Crippen molar-refractivity contribution in [2.75, 3.05) is 7.11 Å². The number of dihydropyridines is 1. The number of carbonyl (C=O) groups excluding carboxylic acids is 1. The molecule has 5 heteroatoms. The van der Waals surface area contributed by atoms with Crippen molar-refractivity contribution in [3.63, 3.8) is 0 Å². The van der Waals surface area contributed by atoms with Gasteiger partial charge in [0, 0.05) is 10.7 Å². The van der Waals surface area contributed by atoms with Crippen LogP contribution in [0.1, 0.15) is 0 Å². The van der Waals surface area contributed by atoms with E-state index in [1.807, 2.05) is 0 Å². The first-order valence-corrected chi connectivity index (χ1v) is 4.04. The Morgan fingerprint density at radius 3 is 3.08 bits per heavy atom. The Kier molecular flexibility index (Phi) is 2.88. The summed E-state index contributed by atoms with van der Waals surface area (Å²) in [5.74, 6) is -0.542. The Balaban J connectivity index is 2.85. The fraction of sp³-hybridized carbons (Fsp3) is 0.286. The maximum atomic E-state index is 11.0. The summed E-state index contributed by atoms with van der Waals surface area (Å²) in [5.41, 5.74) is 0.187. The van der Waals surface area contributed by atoms with E-state index in [2.05, 4.69) is 26.0 Å². The summed E-state index contributed by atoms with van der Waals surface area (Å²) in [7, 11) is 1.27. The first-order chi connectivity index (χ1) is 5.65.